The molecule has 1 aliphatic carbocycles. The van der Waals surface area contributed by atoms with Crippen LogP contribution in [0.4, 0.5) is 0 Å². The predicted molar refractivity (Wildman–Crippen MR) is 59.2 cm³/mol. The average molecular weight is 214 g/mol. The highest BCUT2D eigenvalue weighted by Crippen LogP contribution is 2.29. The Kier molecular flexibility index (Phi) is 5.05. The van der Waals surface area contributed by atoms with E-state index in [1.165, 1.54) is 6.42 Å². The van der Waals surface area contributed by atoms with Crippen molar-refractivity contribution in [3.05, 3.63) is 0 Å². The first-order valence-corrected chi connectivity index (χ1v) is 5.81. The summed E-state index contributed by atoms with van der Waals surface area (Å²) in [7, 11) is 0. The van der Waals surface area contributed by atoms with Gasteiger partial charge < -0.3 is 16.2 Å². The van der Waals surface area contributed by atoms with Gasteiger partial charge in [-0.05, 0) is 32.2 Å². The van der Waals surface area contributed by atoms with E-state index in [9.17, 15) is 4.79 Å². The monoisotopic (exact) mass is 214 g/mol. The van der Waals surface area contributed by atoms with Gasteiger partial charge in [0.15, 0.2) is 0 Å². The summed E-state index contributed by atoms with van der Waals surface area (Å²) in [6, 6.07) is 0. The van der Waals surface area contributed by atoms with Crippen molar-refractivity contribution in [3.63, 3.8) is 0 Å². The first kappa shape index (κ1) is 12.5. The van der Waals surface area contributed by atoms with E-state index < -0.39 is 6.10 Å². The Morgan fingerprint density at radius 1 is 1.53 bits per heavy atom. The fourth-order valence-electron chi connectivity index (χ4n) is 2.21. The van der Waals surface area contributed by atoms with E-state index in [0.29, 0.717) is 19.0 Å². The fourth-order valence-corrected chi connectivity index (χ4v) is 2.21. The molecule has 0 heterocycles. The third-order valence-corrected chi connectivity index (χ3v) is 3.12. The summed E-state index contributed by atoms with van der Waals surface area (Å²) in [5.74, 6) is 0.446. The molecule has 0 bridgehead atoms. The van der Waals surface area contributed by atoms with E-state index >= 15 is 0 Å². The molecule has 1 rings (SSSR count). The molecule has 15 heavy (non-hydrogen) atoms. The van der Waals surface area contributed by atoms with Gasteiger partial charge >= 0.3 is 0 Å². The van der Waals surface area contributed by atoms with Crippen LogP contribution in [0.1, 0.15) is 32.6 Å². The molecule has 4 nitrogen and oxygen atoms in total. The Bertz CT molecular complexity index is 207. The molecular weight excluding hydrogens is 192 g/mol. The van der Waals surface area contributed by atoms with E-state index in [0.717, 1.165) is 19.3 Å². The lowest BCUT2D eigenvalue weighted by Crippen LogP contribution is -2.41. The summed E-state index contributed by atoms with van der Waals surface area (Å²) in [5, 5.41) is 11.9. The first-order chi connectivity index (χ1) is 7.15. The highest BCUT2D eigenvalue weighted by Gasteiger charge is 2.29. The zero-order valence-electron chi connectivity index (χ0n) is 9.41. The van der Waals surface area contributed by atoms with Crippen LogP contribution in [-0.2, 0) is 4.79 Å². The van der Waals surface area contributed by atoms with Gasteiger partial charge in [0.2, 0.25) is 5.91 Å². The number of nitrogens with two attached hydrogens (primary N) is 1. The predicted octanol–water partition coefficient (Wildman–Crippen LogP) is 0.249. The largest absolute Gasteiger partial charge is 0.392 e. The normalized spacial score (nSPS) is 28.5. The third kappa shape index (κ3) is 3.80. The number of aliphatic hydroxyl groups excluding tert-OH is 1. The van der Waals surface area contributed by atoms with Gasteiger partial charge in [-0.3, -0.25) is 4.79 Å². The number of hydrogen-bond acceptors (Lipinski definition) is 3. The van der Waals surface area contributed by atoms with E-state index in [1.807, 2.05) is 0 Å². The molecule has 0 aromatic rings. The van der Waals surface area contributed by atoms with Crippen molar-refractivity contribution in [2.24, 2.45) is 17.6 Å². The second-order valence-electron chi connectivity index (χ2n) is 4.48. The number of amides is 1. The summed E-state index contributed by atoms with van der Waals surface area (Å²) in [6.45, 7) is 2.60. The molecule has 0 spiro atoms. The molecule has 1 saturated carbocycles. The molecule has 0 radical (unpaired) electrons. The van der Waals surface area contributed by atoms with Crippen LogP contribution in [0.3, 0.4) is 0 Å². The SMILES string of the molecule is CC(O)CNC(=O)C1CCCCC1CN. The van der Waals surface area contributed by atoms with Crippen LogP contribution in [0.15, 0.2) is 0 Å². The van der Waals surface area contributed by atoms with E-state index in [-0.39, 0.29) is 11.8 Å². The number of carbonyl (C=O) groups excluding carboxylic acids is 1. The summed E-state index contributed by atoms with van der Waals surface area (Å²) < 4.78 is 0. The van der Waals surface area contributed by atoms with Crippen molar-refractivity contribution < 1.29 is 9.90 Å². The Hall–Kier alpha value is -0.610. The van der Waals surface area contributed by atoms with Gasteiger partial charge in [-0.2, -0.15) is 0 Å². The number of hydrogen-bond donors (Lipinski definition) is 3. The summed E-state index contributed by atoms with van der Waals surface area (Å²) in [4.78, 5) is 11.8. The molecule has 0 aromatic carbocycles. The molecule has 1 aliphatic rings. The maximum absolute atomic E-state index is 11.8. The van der Waals surface area contributed by atoms with E-state index in [1.54, 1.807) is 6.92 Å². The average Bonchev–Trinajstić information content (AvgIpc) is 2.25. The minimum Gasteiger partial charge on any atom is -0.392 e. The number of nitrogens with one attached hydrogen (secondary N) is 1. The molecule has 1 fully saturated rings. The lowest BCUT2D eigenvalue weighted by molar-refractivity contribution is -0.128. The standard InChI is InChI=1S/C11H22N2O2/c1-8(14)7-13-11(15)10-5-3-2-4-9(10)6-12/h8-10,14H,2-7,12H2,1H3,(H,13,15). The molecule has 4 heteroatoms. The summed E-state index contributed by atoms with van der Waals surface area (Å²) in [6.07, 6.45) is 3.82. The maximum atomic E-state index is 11.8. The van der Waals surface area contributed by atoms with Crippen LogP contribution in [0, 0.1) is 11.8 Å². The number of carbonyl (C=O) groups is 1. The molecule has 1 amide bonds. The molecular formula is C11H22N2O2. The smallest absolute Gasteiger partial charge is 0.223 e. The van der Waals surface area contributed by atoms with Crippen LogP contribution >= 0.6 is 0 Å². The van der Waals surface area contributed by atoms with Crippen molar-refractivity contribution >= 4 is 5.91 Å². The van der Waals surface area contributed by atoms with Crippen LogP contribution in [0.5, 0.6) is 0 Å². The van der Waals surface area contributed by atoms with Gasteiger partial charge in [-0.15, -0.1) is 0 Å². The van der Waals surface area contributed by atoms with Crippen LogP contribution in [0.2, 0.25) is 0 Å². The minimum atomic E-state index is -0.478. The Morgan fingerprint density at radius 3 is 2.80 bits per heavy atom. The van der Waals surface area contributed by atoms with Crippen LogP contribution < -0.4 is 11.1 Å². The van der Waals surface area contributed by atoms with Crippen molar-refractivity contribution in [3.8, 4) is 0 Å². The maximum Gasteiger partial charge on any atom is 0.223 e. The number of rotatable bonds is 4. The fraction of sp³-hybridized carbons (Fsp3) is 0.909. The molecule has 3 unspecified atom stereocenters. The van der Waals surface area contributed by atoms with Crippen molar-refractivity contribution in [1.82, 2.24) is 5.32 Å². The highest BCUT2D eigenvalue weighted by molar-refractivity contribution is 5.79. The zero-order valence-corrected chi connectivity index (χ0v) is 9.41. The molecule has 0 saturated heterocycles. The van der Waals surface area contributed by atoms with Crippen LogP contribution in [-0.4, -0.2) is 30.2 Å². The Balaban J connectivity index is 2.41. The molecule has 0 aliphatic heterocycles. The summed E-state index contributed by atoms with van der Waals surface area (Å²) >= 11 is 0. The molecule has 3 atom stereocenters. The Labute approximate surface area is 91.2 Å². The van der Waals surface area contributed by atoms with Gasteiger partial charge in [0, 0.05) is 12.5 Å². The first-order valence-electron chi connectivity index (χ1n) is 5.81. The van der Waals surface area contributed by atoms with Gasteiger partial charge in [0.05, 0.1) is 6.10 Å². The topological polar surface area (TPSA) is 75.3 Å². The zero-order chi connectivity index (χ0) is 11.3. The molecule has 4 N–H and O–H groups in total. The van der Waals surface area contributed by atoms with Crippen molar-refractivity contribution in [1.29, 1.82) is 0 Å². The van der Waals surface area contributed by atoms with Crippen molar-refractivity contribution in [2.75, 3.05) is 13.1 Å². The lowest BCUT2D eigenvalue weighted by Gasteiger charge is -2.29. The van der Waals surface area contributed by atoms with Gasteiger partial charge in [0.1, 0.15) is 0 Å². The molecule has 0 aromatic heterocycles. The van der Waals surface area contributed by atoms with Gasteiger partial charge in [-0.25, -0.2) is 0 Å². The van der Waals surface area contributed by atoms with E-state index in [4.69, 9.17) is 10.8 Å². The van der Waals surface area contributed by atoms with E-state index in [2.05, 4.69) is 5.32 Å². The minimum absolute atomic E-state index is 0.0579. The quantitative estimate of drug-likeness (QED) is 0.628. The van der Waals surface area contributed by atoms with Gasteiger partial charge in [-0.1, -0.05) is 12.8 Å². The summed E-state index contributed by atoms with van der Waals surface area (Å²) in [5.41, 5.74) is 5.66. The Morgan fingerprint density at radius 2 is 2.20 bits per heavy atom. The third-order valence-electron chi connectivity index (χ3n) is 3.12. The van der Waals surface area contributed by atoms with Crippen molar-refractivity contribution in [2.45, 2.75) is 38.7 Å². The number of aliphatic hydroxyl groups is 1. The molecule has 88 valence electrons. The van der Waals surface area contributed by atoms with Gasteiger partial charge in [0.25, 0.3) is 0 Å². The second kappa shape index (κ2) is 6.08. The lowest BCUT2D eigenvalue weighted by atomic mass is 9.79. The van der Waals surface area contributed by atoms with Crippen LogP contribution in [0.25, 0.3) is 0 Å². The highest BCUT2D eigenvalue weighted by atomic mass is 16.3. The second-order valence-corrected chi connectivity index (χ2v) is 4.48.